The summed E-state index contributed by atoms with van der Waals surface area (Å²) in [5.41, 5.74) is 3.05. The first-order valence-electron chi connectivity index (χ1n) is 9.73. The van der Waals surface area contributed by atoms with Crippen molar-refractivity contribution in [1.29, 1.82) is 0 Å². The molecule has 23 heavy (non-hydrogen) atoms. The van der Waals surface area contributed by atoms with E-state index >= 15 is 0 Å². The fourth-order valence-corrected chi connectivity index (χ4v) is 3.18. The molecule has 2 nitrogen and oxygen atoms in total. The molecule has 0 bridgehead atoms. The number of imidazole rings is 1. The van der Waals surface area contributed by atoms with Crippen LogP contribution in [0.5, 0.6) is 0 Å². The summed E-state index contributed by atoms with van der Waals surface area (Å²) >= 11 is 0. The van der Waals surface area contributed by atoms with Crippen molar-refractivity contribution in [2.45, 2.75) is 111 Å². The van der Waals surface area contributed by atoms with Gasteiger partial charge in [0.2, 0.25) is 0 Å². The number of nitrogens with zero attached hydrogens (tertiary/aromatic N) is 1. The number of hydrogen-bond donors (Lipinski definition) is 1. The third-order valence-corrected chi connectivity index (χ3v) is 6.12. The summed E-state index contributed by atoms with van der Waals surface area (Å²) in [6.45, 7) is 20.9. The van der Waals surface area contributed by atoms with Gasteiger partial charge in [-0.3, -0.25) is 0 Å². The number of rotatable bonds is 9. The summed E-state index contributed by atoms with van der Waals surface area (Å²) in [4.78, 5) is 8.94. The van der Waals surface area contributed by atoms with Crippen molar-refractivity contribution in [2.75, 3.05) is 0 Å². The molecule has 0 fully saturated rings. The minimum Gasteiger partial charge on any atom is -0.345 e. The van der Waals surface area contributed by atoms with Crippen molar-refractivity contribution in [3.05, 3.63) is 17.2 Å². The molecule has 0 aliphatic carbocycles. The predicted octanol–water partition coefficient (Wildman–Crippen LogP) is 6.71. The van der Waals surface area contributed by atoms with E-state index < -0.39 is 0 Å². The third kappa shape index (κ3) is 4.39. The molecule has 0 aromatic carbocycles. The molecule has 1 atom stereocenters. The third-order valence-electron chi connectivity index (χ3n) is 6.12. The Balaban J connectivity index is 3.41. The van der Waals surface area contributed by atoms with Gasteiger partial charge in [0, 0.05) is 22.4 Å². The van der Waals surface area contributed by atoms with Crippen LogP contribution in [-0.4, -0.2) is 9.97 Å². The van der Waals surface area contributed by atoms with Gasteiger partial charge in [-0.2, -0.15) is 0 Å². The SMILES string of the molecule is CCCCC(C)(C)c1[nH]c(C(C)C(C)C)nc1C(C)(CC)CC. The van der Waals surface area contributed by atoms with Gasteiger partial charge in [-0.1, -0.05) is 75.2 Å². The van der Waals surface area contributed by atoms with Gasteiger partial charge >= 0.3 is 0 Å². The first kappa shape index (κ1) is 20.3. The number of nitrogens with one attached hydrogen (secondary N) is 1. The normalized spacial score (nSPS) is 14.5. The number of aromatic nitrogens is 2. The summed E-state index contributed by atoms with van der Waals surface area (Å²) in [7, 11) is 0. The highest BCUT2D eigenvalue weighted by Crippen LogP contribution is 2.40. The molecule has 0 spiro atoms. The van der Waals surface area contributed by atoms with E-state index in [1.807, 2.05) is 0 Å². The molecule has 134 valence electrons. The zero-order valence-electron chi connectivity index (χ0n) is 17.1. The molecule has 1 N–H and O–H groups in total. The first-order valence-corrected chi connectivity index (χ1v) is 9.73. The van der Waals surface area contributed by atoms with E-state index in [0.717, 1.165) is 12.8 Å². The van der Waals surface area contributed by atoms with E-state index in [2.05, 4.69) is 67.3 Å². The lowest BCUT2D eigenvalue weighted by Crippen LogP contribution is -2.28. The first-order chi connectivity index (χ1) is 10.6. The van der Waals surface area contributed by atoms with E-state index in [1.165, 1.54) is 36.5 Å². The molecule has 0 radical (unpaired) electrons. The lowest BCUT2D eigenvalue weighted by Gasteiger charge is -2.31. The zero-order chi connectivity index (χ0) is 17.8. The lowest BCUT2D eigenvalue weighted by atomic mass is 9.74. The van der Waals surface area contributed by atoms with Gasteiger partial charge in [0.05, 0.1) is 5.69 Å². The molecule has 0 aliphatic heterocycles. The molecule has 0 aliphatic rings. The summed E-state index contributed by atoms with van der Waals surface area (Å²) in [5.74, 6) is 2.26. The Morgan fingerprint density at radius 3 is 2.00 bits per heavy atom. The van der Waals surface area contributed by atoms with Crippen LogP contribution in [-0.2, 0) is 10.8 Å². The quantitative estimate of drug-likeness (QED) is 0.538. The van der Waals surface area contributed by atoms with Crippen LogP contribution >= 0.6 is 0 Å². The van der Waals surface area contributed by atoms with Crippen LogP contribution < -0.4 is 0 Å². The zero-order valence-corrected chi connectivity index (χ0v) is 17.1. The van der Waals surface area contributed by atoms with Crippen LogP contribution in [0.3, 0.4) is 0 Å². The molecular weight excluding hydrogens is 280 g/mol. The number of H-pyrrole nitrogens is 1. The number of hydrogen-bond acceptors (Lipinski definition) is 1. The Labute approximate surface area is 144 Å². The molecule has 2 heteroatoms. The molecule has 1 unspecified atom stereocenters. The minimum absolute atomic E-state index is 0.166. The second-order valence-electron chi connectivity index (χ2n) is 8.63. The molecule has 0 amide bonds. The van der Waals surface area contributed by atoms with E-state index in [1.54, 1.807) is 0 Å². The van der Waals surface area contributed by atoms with Crippen LogP contribution in [0.2, 0.25) is 0 Å². The maximum atomic E-state index is 5.16. The molecule has 1 heterocycles. The van der Waals surface area contributed by atoms with Gasteiger partial charge in [-0.25, -0.2) is 4.98 Å². The Hall–Kier alpha value is -0.790. The fourth-order valence-electron chi connectivity index (χ4n) is 3.18. The van der Waals surface area contributed by atoms with Crippen molar-refractivity contribution in [3.63, 3.8) is 0 Å². The minimum atomic E-state index is 0.166. The van der Waals surface area contributed by atoms with E-state index in [-0.39, 0.29) is 10.8 Å². The maximum Gasteiger partial charge on any atom is 0.109 e. The molecule has 1 aromatic rings. The second-order valence-corrected chi connectivity index (χ2v) is 8.63. The van der Waals surface area contributed by atoms with Crippen LogP contribution in [0.1, 0.15) is 118 Å². The largest absolute Gasteiger partial charge is 0.345 e. The highest BCUT2D eigenvalue weighted by atomic mass is 15.0. The molecule has 0 saturated carbocycles. The Morgan fingerprint density at radius 1 is 1.00 bits per heavy atom. The van der Waals surface area contributed by atoms with Crippen LogP contribution in [0.25, 0.3) is 0 Å². The molecule has 1 aromatic heterocycles. The van der Waals surface area contributed by atoms with Crippen molar-refractivity contribution in [3.8, 4) is 0 Å². The molecule has 0 saturated heterocycles. The Kier molecular flexibility index (Phi) is 6.92. The highest BCUT2D eigenvalue weighted by molar-refractivity contribution is 5.30. The number of unbranched alkanes of at least 4 members (excludes halogenated alkanes) is 1. The average molecular weight is 321 g/mol. The molecule has 1 rings (SSSR count). The lowest BCUT2D eigenvalue weighted by molar-refractivity contribution is 0.391. The van der Waals surface area contributed by atoms with Crippen molar-refractivity contribution in [2.24, 2.45) is 5.92 Å². The van der Waals surface area contributed by atoms with Gasteiger partial charge in [0.15, 0.2) is 0 Å². The van der Waals surface area contributed by atoms with Crippen molar-refractivity contribution < 1.29 is 0 Å². The summed E-state index contributed by atoms with van der Waals surface area (Å²) < 4.78 is 0. The van der Waals surface area contributed by atoms with Crippen molar-refractivity contribution >= 4 is 0 Å². The van der Waals surface area contributed by atoms with E-state index in [4.69, 9.17) is 4.98 Å². The Bertz CT molecular complexity index is 478. The summed E-state index contributed by atoms with van der Waals surface area (Å²) in [5, 5.41) is 0. The summed E-state index contributed by atoms with van der Waals surface area (Å²) in [6.07, 6.45) is 6.02. The van der Waals surface area contributed by atoms with Gasteiger partial charge in [-0.05, 0) is 25.2 Å². The second kappa shape index (κ2) is 7.85. The van der Waals surface area contributed by atoms with Gasteiger partial charge in [0.1, 0.15) is 5.82 Å². The van der Waals surface area contributed by atoms with Crippen molar-refractivity contribution in [1.82, 2.24) is 9.97 Å². The standard InChI is InChI=1S/C21H40N2/c1-10-13-14-20(7,8)17-18(21(9,11-2)12-3)23-19(22-17)16(6)15(4)5/h15-16H,10-14H2,1-9H3,(H,22,23). The van der Waals surface area contributed by atoms with E-state index in [9.17, 15) is 0 Å². The monoisotopic (exact) mass is 320 g/mol. The van der Waals surface area contributed by atoms with E-state index in [0.29, 0.717) is 11.8 Å². The maximum absolute atomic E-state index is 5.16. The fraction of sp³-hybridized carbons (Fsp3) is 0.857. The topological polar surface area (TPSA) is 28.7 Å². The smallest absolute Gasteiger partial charge is 0.109 e. The number of aromatic amines is 1. The van der Waals surface area contributed by atoms with Crippen LogP contribution in [0, 0.1) is 5.92 Å². The highest BCUT2D eigenvalue weighted by Gasteiger charge is 2.35. The van der Waals surface area contributed by atoms with Gasteiger partial charge < -0.3 is 4.98 Å². The van der Waals surface area contributed by atoms with Crippen LogP contribution in [0.15, 0.2) is 0 Å². The average Bonchev–Trinajstić information content (AvgIpc) is 2.98. The predicted molar refractivity (Wildman–Crippen MR) is 102 cm³/mol. The molecular formula is C21H40N2. The summed E-state index contributed by atoms with van der Waals surface area (Å²) in [6, 6.07) is 0. The van der Waals surface area contributed by atoms with Gasteiger partial charge in [0.25, 0.3) is 0 Å². The Morgan fingerprint density at radius 2 is 1.57 bits per heavy atom. The van der Waals surface area contributed by atoms with Crippen LogP contribution in [0.4, 0.5) is 0 Å². The van der Waals surface area contributed by atoms with Gasteiger partial charge in [-0.15, -0.1) is 0 Å².